The Hall–Kier alpha value is -1.99. The minimum Gasteiger partial charge on any atom is -0.324 e. The summed E-state index contributed by atoms with van der Waals surface area (Å²) in [5.41, 5.74) is 6.59. The second-order valence-electron chi connectivity index (χ2n) is 4.05. The van der Waals surface area contributed by atoms with Crippen molar-refractivity contribution in [3.63, 3.8) is 0 Å². The standard InChI is InChI=1S/C12H14N4O2S/c1-9(13)10-2-4-11(5-3-10)19(17,18)16-12-8-14-6-7-15-12/h2-9H,13H2,1H3,(H,15,16). The van der Waals surface area contributed by atoms with Crippen LogP contribution < -0.4 is 10.5 Å². The van der Waals surface area contributed by atoms with Crippen LogP contribution in [0.5, 0.6) is 0 Å². The lowest BCUT2D eigenvalue weighted by molar-refractivity contribution is 0.601. The summed E-state index contributed by atoms with van der Waals surface area (Å²) in [5.74, 6) is 0.179. The van der Waals surface area contributed by atoms with Crippen molar-refractivity contribution in [1.82, 2.24) is 9.97 Å². The molecular formula is C12H14N4O2S. The van der Waals surface area contributed by atoms with Crippen molar-refractivity contribution < 1.29 is 8.42 Å². The first-order valence-electron chi connectivity index (χ1n) is 5.63. The fraction of sp³-hybridized carbons (Fsp3) is 0.167. The second kappa shape index (κ2) is 5.33. The molecule has 1 atom stereocenters. The highest BCUT2D eigenvalue weighted by atomic mass is 32.2. The summed E-state index contributed by atoms with van der Waals surface area (Å²) in [5, 5.41) is 0. The lowest BCUT2D eigenvalue weighted by Gasteiger charge is -2.09. The van der Waals surface area contributed by atoms with Crippen LogP contribution in [0.15, 0.2) is 47.8 Å². The summed E-state index contributed by atoms with van der Waals surface area (Å²) >= 11 is 0. The lowest BCUT2D eigenvalue weighted by Crippen LogP contribution is -2.14. The number of nitrogens with one attached hydrogen (secondary N) is 1. The van der Waals surface area contributed by atoms with Crippen LogP contribution in [-0.4, -0.2) is 18.4 Å². The predicted octanol–water partition coefficient (Wildman–Crippen LogP) is 1.30. The molecule has 2 aromatic rings. The normalized spacial score (nSPS) is 12.9. The predicted molar refractivity (Wildman–Crippen MR) is 71.9 cm³/mol. The first kappa shape index (κ1) is 13.4. The molecule has 0 aliphatic heterocycles. The Bertz CT molecular complexity index is 639. The maximum atomic E-state index is 12.1. The SMILES string of the molecule is CC(N)c1ccc(S(=O)(=O)Nc2cnccn2)cc1. The van der Waals surface area contributed by atoms with Crippen LogP contribution >= 0.6 is 0 Å². The average Bonchev–Trinajstić information content (AvgIpc) is 2.39. The van der Waals surface area contributed by atoms with E-state index in [4.69, 9.17) is 5.73 Å². The van der Waals surface area contributed by atoms with E-state index in [2.05, 4.69) is 14.7 Å². The highest BCUT2D eigenvalue weighted by Gasteiger charge is 2.14. The van der Waals surface area contributed by atoms with Gasteiger partial charge in [-0.3, -0.25) is 9.71 Å². The van der Waals surface area contributed by atoms with E-state index < -0.39 is 10.0 Å². The van der Waals surface area contributed by atoms with E-state index in [1.54, 1.807) is 12.1 Å². The number of hydrogen-bond acceptors (Lipinski definition) is 5. The number of anilines is 1. The Labute approximate surface area is 111 Å². The number of nitrogens with two attached hydrogens (primary N) is 1. The van der Waals surface area contributed by atoms with Gasteiger partial charge in [0.25, 0.3) is 10.0 Å². The van der Waals surface area contributed by atoms with E-state index in [1.807, 2.05) is 6.92 Å². The Balaban J connectivity index is 2.25. The van der Waals surface area contributed by atoms with Gasteiger partial charge in [-0.25, -0.2) is 13.4 Å². The van der Waals surface area contributed by atoms with Gasteiger partial charge in [-0.1, -0.05) is 12.1 Å². The fourth-order valence-electron chi connectivity index (χ4n) is 1.50. The minimum atomic E-state index is -3.65. The molecule has 0 bridgehead atoms. The van der Waals surface area contributed by atoms with Gasteiger partial charge in [0, 0.05) is 18.4 Å². The average molecular weight is 278 g/mol. The van der Waals surface area contributed by atoms with E-state index in [0.29, 0.717) is 0 Å². The minimum absolute atomic E-state index is 0.135. The van der Waals surface area contributed by atoms with Crippen molar-refractivity contribution in [3.05, 3.63) is 48.4 Å². The Morgan fingerprint density at radius 2 is 1.89 bits per heavy atom. The molecule has 1 heterocycles. The quantitative estimate of drug-likeness (QED) is 0.878. The van der Waals surface area contributed by atoms with Crippen molar-refractivity contribution in [2.24, 2.45) is 5.73 Å². The van der Waals surface area contributed by atoms with E-state index in [1.165, 1.54) is 30.7 Å². The van der Waals surface area contributed by atoms with E-state index >= 15 is 0 Å². The number of benzene rings is 1. The molecule has 0 spiro atoms. The van der Waals surface area contributed by atoms with Gasteiger partial charge >= 0.3 is 0 Å². The van der Waals surface area contributed by atoms with Crippen LogP contribution in [0.3, 0.4) is 0 Å². The van der Waals surface area contributed by atoms with Crippen LogP contribution in [0.1, 0.15) is 18.5 Å². The number of rotatable bonds is 4. The van der Waals surface area contributed by atoms with E-state index in [9.17, 15) is 8.42 Å². The van der Waals surface area contributed by atoms with Crippen molar-refractivity contribution >= 4 is 15.8 Å². The maximum absolute atomic E-state index is 12.1. The van der Waals surface area contributed by atoms with Crippen molar-refractivity contribution in [2.75, 3.05) is 4.72 Å². The molecule has 0 saturated carbocycles. The summed E-state index contributed by atoms with van der Waals surface area (Å²) in [4.78, 5) is 7.81. The van der Waals surface area contributed by atoms with Crippen molar-refractivity contribution in [2.45, 2.75) is 17.9 Å². The van der Waals surface area contributed by atoms with E-state index in [0.717, 1.165) is 5.56 Å². The van der Waals surface area contributed by atoms with Crippen LogP contribution in [0, 0.1) is 0 Å². The van der Waals surface area contributed by atoms with Gasteiger partial charge in [-0.2, -0.15) is 0 Å². The number of aromatic nitrogens is 2. The highest BCUT2D eigenvalue weighted by molar-refractivity contribution is 7.92. The maximum Gasteiger partial charge on any atom is 0.263 e. The molecule has 1 aromatic carbocycles. The Morgan fingerprint density at radius 1 is 1.21 bits per heavy atom. The van der Waals surface area contributed by atoms with Gasteiger partial charge in [0.15, 0.2) is 5.82 Å². The van der Waals surface area contributed by atoms with Crippen LogP contribution in [0.25, 0.3) is 0 Å². The molecule has 19 heavy (non-hydrogen) atoms. The summed E-state index contributed by atoms with van der Waals surface area (Å²) in [6.07, 6.45) is 4.22. The third-order valence-corrected chi connectivity index (χ3v) is 3.89. The molecule has 3 N–H and O–H groups in total. The van der Waals surface area contributed by atoms with Gasteiger partial charge in [0.05, 0.1) is 11.1 Å². The fourth-order valence-corrected chi connectivity index (χ4v) is 2.49. The number of hydrogen-bond donors (Lipinski definition) is 2. The molecule has 2 rings (SSSR count). The first-order chi connectivity index (χ1) is 8.99. The molecule has 1 aromatic heterocycles. The third kappa shape index (κ3) is 3.27. The van der Waals surface area contributed by atoms with Crippen molar-refractivity contribution in [1.29, 1.82) is 0 Å². The third-order valence-electron chi connectivity index (χ3n) is 2.52. The molecule has 1 unspecified atom stereocenters. The molecule has 0 saturated heterocycles. The summed E-state index contributed by atoms with van der Waals surface area (Å²) in [6.45, 7) is 1.83. The zero-order chi connectivity index (χ0) is 13.9. The summed E-state index contributed by atoms with van der Waals surface area (Å²) in [7, 11) is -3.65. The zero-order valence-electron chi connectivity index (χ0n) is 10.3. The monoisotopic (exact) mass is 278 g/mol. The molecular weight excluding hydrogens is 264 g/mol. The molecule has 0 fully saturated rings. The summed E-state index contributed by atoms with van der Waals surface area (Å²) in [6, 6.07) is 6.27. The molecule has 6 nitrogen and oxygen atoms in total. The topological polar surface area (TPSA) is 98.0 Å². The summed E-state index contributed by atoms with van der Waals surface area (Å²) < 4.78 is 26.5. The van der Waals surface area contributed by atoms with Crippen LogP contribution in [0.4, 0.5) is 5.82 Å². The molecule has 0 amide bonds. The second-order valence-corrected chi connectivity index (χ2v) is 5.74. The number of sulfonamides is 1. The number of nitrogens with zero attached hydrogens (tertiary/aromatic N) is 2. The molecule has 0 aliphatic carbocycles. The van der Waals surface area contributed by atoms with Gasteiger partial charge in [-0.15, -0.1) is 0 Å². The van der Waals surface area contributed by atoms with Crippen LogP contribution in [0.2, 0.25) is 0 Å². The van der Waals surface area contributed by atoms with Crippen molar-refractivity contribution in [3.8, 4) is 0 Å². The van der Waals surface area contributed by atoms with Crippen LogP contribution in [-0.2, 0) is 10.0 Å². The largest absolute Gasteiger partial charge is 0.324 e. The van der Waals surface area contributed by atoms with E-state index in [-0.39, 0.29) is 16.8 Å². The smallest absolute Gasteiger partial charge is 0.263 e. The van der Waals surface area contributed by atoms with Gasteiger partial charge in [0.1, 0.15) is 0 Å². The Morgan fingerprint density at radius 3 is 2.42 bits per heavy atom. The zero-order valence-corrected chi connectivity index (χ0v) is 11.1. The Kier molecular flexibility index (Phi) is 3.77. The molecule has 0 aliphatic rings. The molecule has 0 radical (unpaired) electrons. The highest BCUT2D eigenvalue weighted by Crippen LogP contribution is 2.16. The molecule has 100 valence electrons. The molecule has 7 heteroatoms. The van der Waals surface area contributed by atoms with Gasteiger partial charge < -0.3 is 5.73 Å². The van der Waals surface area contributed by atoms with Gasteiger partial charge in [0.2, 0.25) is 0 Å². The lowest BCUT2D eigenvalue weighted by atomic mass is 10.1. The first-order valence-corrected chi connectivity index (χ1v) is 7.12. The van der Waals surface area contributed by atoms with Gasteiger partial charge in [-0.05, 0) is 24.6 Å².